The largest absolute Gasteiger partial charge is 0.368 e. The van der Waals surface area contributed by atoms with Crippen molar-refractivity contribution >= 4 is 49.1 Å². The number of halogens is 2. The first-order valence-electron chi connectivity index (χ1n) is 11.3. The second kappa shape index (κ2) is 11.1. The lowest BCUT2D eigenvalue weighted by atomic mass is 10.1. The third-order valence-electron chi connectivity index (χ3n) is 6.05. The summed E-state index contributed by atoms with van der Waals surface area (Å²) in [7, 11) is -3.88. The maximum Gasteiger partial charge on any atom is 0.243 e. The SMILES string of the molecule is Cc1ccc(CN(CC(=O)N2CCN(c3cccc(Cl)c3)CC2)S(=O)(=O)c2ccc(Br)cc2)cc1. The average Bonchev–Trinajstić information content (AvgIpc) is 2.85. The molecule has 9 heteroatoms. The Morgan fingerprint density at radius 1 is 0.971 bits per heavy atom. The number of hydrogen-bond donors (Lipinski definition) is 0. The van der Waals surface area contributed by atoms with Crippen molar-refractivity contribution in [1.82, 2.24) is 9.21 Å². The predicted octanol–water partition coefficient (Wildman–Crippen LogP) is 4.95. The summed E-state index contributed by atoms with van der Waals surface area (Å²) < 4.78 is 29.1. The van der Waals surface area contributed by atoms with E-state index in [-0.39, 0.29) is 23.9 Å². The van der Waals surface area contributed by atoms with Gasteiger partial charge in [0.05, 0.1) is 11.4 Å². The van der Waals surface area contributed by atoms with Gasteiger partial charge >= 0.3 is 0 Å². The van der Waals surface area contributed by atoms with Crippen LogP contribution in [0, 0.1) is 6.92 Å². The molecule has 1 fully saturated rings. The first kappa shape index (κ1) is 25.7. The molecule has 0 aliphatic carbocycles. The summed E-state index contributed by atoms with van der Waals surface area (Å²) in [6.07, 6.45) is 0. The fourth-order valence-corrected chi connectivity index (χ4v) is 5.84. The summed E-state index contributed by atoms with van der Waals surface area (Å²) in [6.45, 7) is 4.22. The van der Waals surface area contributed by atoms with Crippen molar-refractivity contribution in [3.63, 3.8) is 0 Å². The van der Waals surface area contributed by atoms with Crippen molar-refractivity contribution in [2.24, 2.45) is 0 Å². The molecule has 1 aliphatic heterocycles. The normalized spacial score (nSPS) is 14.4. The molecule has 0 spiro atoms. The van der Waals surface area contributed by atoms with Crippen molar-refractivity contribution in [2.75, 3.05) is 37.6 Å². The zero-order valence-electron chi connectivity index (χ0n) is 19.4. The highest BCUT2D eigenvalue weighted by Crippen LogP contribution is 2.23. The molecule has 3 aromatic rings. The Kier molecular flexibility index (Phi) is 8.16. The van der Waals surface area contributed by atoms with Crippen molar-refractivity contribution in [2.45, 2.75) is 18.4 Å². The van der Waals surface area contributed by atoms with Gasteiger partial charge in [0, 0.05) is 47.9 Å². The summed E-state index contributed by atoms with van der Waals surface area (Å²) in [5.41, 5.74) is 2.93. The summed E-state index contributed by atoms with van der Waals surface area (Å²) in [5.74, 6) is -0.205. The van der Waals surface area contributed by atoms with Crippen LogP contribution in [0.1, 0.15) is 11.1 Å². The Labute approximate surface area is 220 Å². The molecule has 6 nitrogen and oxygen atoms in total. The van der Waals surface area contributed by atoms with E-state index in [2.05, 4.69) is 20.8 Å². The van der Waals surface area contributed by atoms with Crippen molar-refractivity contribution < 1.29 is 13.2 Å². The van der Waals surface area contributed by atoms with Crippen LogP contribution in [0.5, 0.6) is 0 Å². The molecule has 184 valence electrons. The fraction of sp³-hybridized carbons (Fsp3) is 0.269. The van der Waals surface area contributed by atoms with Crippen LogP contribution < -0.4 is 4.90 Å². The van der Waals surface area contributed by atoms with E-state index in [1.807, 2.05) is 55.5 Å². The number of nitrogens with zero attached hydrogens (tertiary/aromatic N) is 3. The summed E-state index contributed by atoms with van der Waals surface area (Å²) in [4.78, 5) is 17.3. The van der Waals surface area contributed by atoms with E-state index in [0.717, 1.165) is 21.3 Å². The summed E-state index contributed by atoms with van der Waals surface area (Å²) in [5, 5.41) is 0.672. The van der Waals surface area contributed by atoms with Crippen molar-refractivity contribution in [1.29, 1.82) is 0 Å². The number of aryl methyl sites for hydroxylation is 1. The maximum absolute atomic E-state index is 13.5. The maximum atomic E-state index is 13.5. The third kappa shape index (κ3) is 6.44. The van der Waals surface area contributed by atoms with Crippen molar-refractivity contribution in [3.8, 4) is 0 Å². The fourth-order valence-electron chi connectivity index (χ4n) is 4.02. The third-order valence-corrected chi connectivity index (χ3v) is 8.62. The number of anilines is 1. The molecule has 1 aliphatic rings. The minimum atomic E-state index is -3.88. The molecule has 0 radical (unpaired) electrons. The van der Waals surface area contributed by atoms with Gasteiger partial charge in [0.2, 0.25) is 15.9 Å². The average molecular weight is 577 g/mol. The highest BCUT2D eigenvalue weighted by molar-refractivity contribution is 9.10. The minimum Gasteiger partial charge on any atom is -0.368 e. The lowest BCUT2D eigenvalue weighted by Gasteiger charge is -2.37. The number of rotatable bonds is 7. The second-order valence-corrected chi connectivity index (χ2v) is 11.9. The molecule has 1 amide bonds. The van der Waals surface area contributed by atoms with E-state index in [4.69, 9.17) is 11.6 Å². The Bertz CT molecular complexity index is 1280. The van der Waals surface area contributed by atoms with E-state index in [1.54, 1.807) is 29.2 Å². The van der Waals surface area contributed by atoms with Gasteiger partial charge in [-0.2, -0.15) is 4.31 Å². The Morgan fingerprint density at radius 3 is 2.26 bits per heavy atom. The van der Waals surface area contributed by atoms with Crippen LogP contribution in [0.25, 0.3) is 0 Å². The zero-order valence-corrected chi connectivity index (χ0v) is 22.6. The first-order valence-corrected chi connectivity index (χ1v) is 13.9. The van der Waals surface area contributed by atoms with E-state index < -0.39 is 10.0 Å². The lowest BCUT2D eigenvalue weighted by Crippen LogP contribution is -2.51. The number of carbonyl (C=O) groups excluding carboxylic acids is 1. The monoisotopic (exact) mass is 575 g/mol. The zero-order chi connectivity index (χ0) is 25.0. The molecule has 1 saturated heterocycles. The Balaban J connectivity index is 1.50. The van der Waals surface area contributed by atoms with Crippen LogP contribution in [0.2, 0.25) is 5.02 Å². The number of sulfonamides is 1. The highest BCUT2D eigenvalue weighted by Gasteiger charge is 2.30. The molecule has 0 N–H and O–H groups in total. The van der Waals surface area contributed by atoms with Gasteiger partial charge in [-0.25, -0.2) is 8.42 Å². The van der Waals surface area contributed by atoms with Crippen molar-refractivity contribution in [3.05, 3.63) is 93.4 Å². The molecule has 0 unspecified atom stereocenters. The Hall–Kier alpha value is -2.39. The molecule has 4 rings (SSSR count). The molecular formula is C26H27BrClN3O3S. The smallest absolute Gasteiger partial charge is 0.243 e. The van der Waals surface area contributed by atoms with Gasteiger partial charge in [-0.15, -0.1) is 0 Å². The molecule has 0 saturated carbocycles. The van der Waals surface area contributed by atoms with E-state index in [1.165, 1.54) is 4.31 Å². The number of benzene rings is 3. The molecule has 1 heterocycles. The van der Waals surface area contributed by atoms with Crippen LogP contribution in [-0.2, 0) is 21.4 Å². The van der Waals surface area contributed by atoms with Crippen LogP contribution >= 0.6 is 27.5 Å². The van der Waals surface area contributed by atoms with E-state index in [9.17, 15) is 13.2 Å². The predicted molar refractivity (Wildman–Crippen MR) is 143 cm³/mol. The molecular weight excluding hydrogens is 550 g/mol. The van der Waals surface area contributed by atoms with E-state index >= 15 is 0 Å². The number of piperazine rings is 1. The second-order valence-electron chi connectivity index (χ2n) is 8.56. The van der Waals surface area contributed by atoms with Crippen LogP contribution in [0.15, 0.2) is 82.2 Å². The molecule has 0 aromatic heterocycles. The van der Waals surface area contributed by atoms with Gasteiger partial charge < -0.3 is 9.80 Å². The molecule has 0 atom stereocenters. The molecule has 3 aromatic carbocycles. The molecule has 0 bridgehead atoms. The van der Waals surface area contributed by atoms with Gasteiger partial charge in [-0.05, 0) is 55.0 Å². The summed E-state index contributed by atoms with van der Waals surface area (Å²) in [6, 6.07) is 21.8. The Morgan fingerprint density at radius 2 is 1.63 bits per heavy atom. The lowest BCUT2D eigenvalue weighted by molar-refractivity contribution is -0.131. The van der Waals surface area contributed by atoms with Crippen LogP contribution in [-0.4, -0.2) is 56.3 Å². The first-order chi connectivity index (χ1) is 16.7. The van der Waals surface area contributed by atoms with E-state index in [0.29, 0.717) is 31.2 Å². The van der Waals surface area contributed by atoms with Crippen LogP contribution in [0.3, 0.4) is 0 Å². The van der Waals surface area contributed by atoms with Gasteiger partial charge in [0.15, 0.2) is 0 Å². The number of carbonyl (C=O) groups is 1. The van der Waals surface area contributed by atoms with Crippen LogP contribution in [0.4, 0.5) is 5.69 Å². The van der Waals surface area contributed by atoms with Gasteiger partial charge in [0.25, 0.3) is 0 Å². The highest BCUT2D eigenvalue weighted by atomic mass is 79.9. The quantitative estimate of drug-likeness (QED) is 0.399. The summed E-state index contributed by atoms with van der Waals surface area (Å²) >= 11 is 9.47. The number of amides is 1. The number of hydrogen-bond acceptors (Lipinski definition) is 4. The molecule has 35 heavy (non-hydrogen) atoms. The topological polar surface area (TPSA) is 60.9 Å². The van der Waals surface area contributed by atoms with Gasteiger partial charge in [-0.3, -0.25) is 4.79 Å². The standard InChI is InChI=1S/C26H27BrClN3O3S/c1-20-5-7-21(8-6-20)18-31(35(33,34)25-11-9-22(27)10-12-25)19-26(32)30-15-13-29(14-16-30)24-4-2-3-23(28)17-24/h2-12,17H,13-16,18-19H2,1H3. The van der Waals surface area contributed by atoms with Gasteiger partial charge in [-0.1, -0.05) is 63.4 Å². The van der Waals surface area contributed by atoms with Gasteiger partial charge in [0.1, 0.15) is 0 Å². The minimum absolute atomic E-state index is 0.118.